The van der Waals surface area contributed by atoms with E-state index in [9.17, 15) is 4.39 Å². The second-order valence-electron chi connectivity index (χ2n) is 5.62. The second-order valence-corrected chi connectivity index (χ2v) is 6.03. The standard InChI is InChI=1S/C15H17ClFN3O/c1-15(2,3)18-9-10-7-8-13(20-19-10)21-12-6-4-5-11(16)14(12)17/h4-8,18H,9H2,1-3H3. The minimum absolute atomic E-state index is 0.000762. The van der Waals surface area contributed by atoms with Gasteiger partial charge in [0.15, 0.2) is 11.6 Å². The Kier molecular flexibility index (Phi) is 4.75. The molecule has 0 aliphatic rings. The molecule has 2 aromatic rings. The summed E-state index contributed by atoms with van der Waals surface area (Å²) in [5.41, 5.74) is 0.782. The lowest BCUT2D eigenvalue weighted by atomic mass is 10.1. The highest BCUT2D eigenvalue weighted by atomic mass is 35.5. The van der Waals surface area contributed by atoms with Crippen molar-refractivity contribution in [3.8, 4) is 11.6 Å². The molecule has 0 atom stereocenters. The number of nitrogens with one attached hydrogen (secondary N) is 1. The summed E-state index contributed by atoms with van der Waals surface area (Å²) in [4.78, 5) is 0. The smallest absolute Gasteiger partial charge is 0.239 e. The summed E-state index contributed by atoms with van der Waals surface area (Å²) in [5, 5.41) is 11.3. The van der Waals surface area contributed by atoms with Crippen molar-refractivity contribution in [1.82, 2.24) is 15.5 Å². The van der Waals surface area contributed by atoms with Crippen LogP contribution >= 0.6 is 11.6 Å². The molecule has 2 rings (SSSR count). The number of benzene rings is 1. The molecule has 1 aromatic carbocycles. The Labute approximate surface area is 128 Å². The summed E-state index contributed by atoms with van der Waals surface area (Å²) < 4.78 is 19.0. The molecule has 6 heteroatoms. The lowest BCUT2D eigenvalue weighted by Crippen LogP contribution is -2.35. The van der Waals surface area contributed by atoms with Crippen LogP contribution in [0.25, 0.3) is 0 Å². The van der Waals surface area contributed by atoms with Crippen LogP contribution in [0.4, 0.5) is 4.39 Å². The molecule has 0 amide bonds. The van der Waals surface area contributed by atoms with Crippen LogP contribution in [0.5, 0.6) is 11.6 Å². The van der Waals surface area contributed by atoms with Gasteiger partial charge in [-0.3, -0.25) is 0 Å². The maximum atomic E-state index is 13.7. The average Bonchev–Trinajstić information content (AvgIpc) is 2.42. The molecule has 0 fully saturated rings. The van der Waals surface area contributed by atoms with Gasteiger partial charge in [0, 0.05) is 18.2 Å². The van der Waals surface area contributed by atoms with Crippen molar-refractivity contribution in [2.75, 3.05) is 0 Å². The Morgan fingerprint density at radius 1 is 1.19 bits per heavy atom. The lowest BCUT2D eigenvalue weighted by molar-refractivity contribution is 0.410. The van der Waals surface area contributed by atoms with Gasteiger partial charge in [0.25, 0.3) is 0 Å². The van der Waals surface area contributed by atoms with E-state index in [-0.39, 0.29) is 22.2 Å². The largest absolute Gasteiger partial charge is 0.434 e. The van der Waals surface area contributed by atoms with Crippen molar-refractivity contribution in [1.29, 1.82) is 0 Å². The first-order valence-corrected chi connectivity index (χ1v) is 6.92. The number of rotatable bonds is 4. The highest BCUT2D eigenvalue weighted by Gasteiger charge is 2.11. The fraction of sp³-hybridized carbons (Fsp3) is 0.333. The maximum absolute atomic E-state index is 13.7. The minimum atomic E-state index is -0.612. The number of aromatic nitrogens is 2. The highest BCUT2D eigenvalue weighted by molar-refractivity contribution is 6.30. The van der Waals surface area contributed by atoms with Crippen LogP contribution in [0.1, 0.15) is 26.5 Å². The zero-order valence-electron chi connectivity index (χ0n) is 12.2. The third kappa shape index (κ3) is 4.65. The fourth-order valence-corrected chi connectivity index (χ4v) is 1.69. The summed E-state index contributed by atoms with van der Waals surface area (Å²) in [7, 11) is 0. The normalized spacial score (nSPS) is 11.5. The molecular formula is C15H17ClFN3O. The number of hydrogen-bond donors (Lipinski definition) is 1. The van der Waals surface area contributed by atoms with Gasteiger partial charge in [-0.2, -0.15) is 5.10 Å². The van der Waals surface area contributed by atoms with Gasteiger partial charge < -0.3 is 10.1 Å². The van der Waals surface area contributed by atoms with E-state index in [1.165, 1.54) is 12.1 Å². The van der Waals surface area contributed by atoms with Crippen molar-refractivity contribution in [2.24, 2.45) is 0 Å². The van der Waals surface area contributed by atoms with E-state index in [0.717, 1.165) is 5.69 Å². The summed E-state index contributed by atoms with van der Waals surface area (Å²) >= 11 is 5.69. The number of nitrogens with zero attached hydrogens (tertiary/aromatic N) is 2. The van der Waals surface area contributed by atoms with Crippen LogP contribution in [0.3, 0.4) is 0 Å². The van der Waals surface area contributed by atoms with Gasteiger partial charge in [0.1, 0.15) is 0 Å². The van der Waals surface area contributed by atoms with Crippen LogP contribution in [0, 0.1) is 5.82 Å². The fourth-order valence-electron chi connectivity index (χ4n) is 1.53. The van der Waals surface area contributed by atoms with E-state index in [0.29, 0.717) is 6.54 Å². The molecule has 1 N–H and O–H groups in total. The molecule has 0 unspecified atom stereocenters. The van der Waals surface area contributed by atoms with Crippen molar-refractivity contribution >= 4 is 11.6 Å². The lowest BCUT2D eigenvalue weighted by Gasteiger charge is -2.19. The zero-order valence-corrected chi connectivity index (χ0v) is 12.9. The first kappa shape index (κ1) is 15.7. The molecule has 0 aliphatic heterocycles. The molecule has 21 heavy (non-hydrogen) atoms. The molecule has 0 spiro atoms. The molecule has 0 saturated heterocycles. The average molecular weight is 310 g/mol. The van der Waals surface area contributed by atoms with Gasteiger partial charge in [-0.1, -0.05) is 17.7 Å². The molecule has 0 bridgehead atoms. The molecule has 0 aliphatic carbocycles. The predicted molar refractivity (Wildman–Crippen MR) is 80.1 cm³/mol. The Morgan fingerprint density at radius 2 is 1.95 bits per heavy atom. The monoisotopic (exact) mass is 309 g/mol. The van der Waals surface area contributed by atoms with Crippen LogP contribution in [0.15, 0.2) is 30.3 Å². The molecule has 112 valence electrons. The van der Waals surface area contributed by atoms with Crippen molar-refractivity contribution in [3.05, 3.63) is 46.9 Å². The second kappa shape index (κ2) is 6.37. The Hall–Kier alpha value is -1.72. The minimum Gasteiger partial charge on any atom is -0.434 e. The van der Waals surface area contributed by atoms with Gasteiger partial charge in [-0.25, -0.2) is 4.39 Å². The summed E-state index contributed by atoms with van der Waals surface area (Å²) in [6, 6.07) is 7.97. The highest BCUT2D eigenvalue weighted by Crippen LogP contribution is 2.27. The van der Waals surface area contributed by atoms with Crippen molar-refractivity contribution < 1.29 is 9.13 Å². The van der Waals surface area contributed by atoms with Crippen LogP contribution in [-0.2, 0) is 6.54 Å². The molecule has 0 saturated carbocycles. The van der Waals surface area contributed by atoms with Crippen molar-refractivity contribution in [3.63, 3.8) is 0 Å². The predicted octanol–water partition coefficient (Wildman–Crippen LogP) is 3.95. The summed E-state index contributed by atoms with van der Waals surface area (Å²) in [5.74, 6) is -0.368. The molecular weight excluding hydrogens is 293 g/mol. The quantitative estimate of drug-likeness (QED) is 0.929. The molecule has 1 aromatic heterocycles. The summed E-state index contributed by atoms with van der Waals surface area (Å²) in [6.45, 7) is 6.81. The molecule has 4 nitrogen and oxygen atoms in total. The van der Waals surface area contributed by atoms with Gasteiger partial charge in [0.2, 0.25) is 5.88 Å². The molecule has 1 heterocycles. The maximum Gasteiger partial charge on any atom is 0.239 e. The Bertz CT molecular complexity index is 611. The Balaban J connectivity index is 2.04. The van der Waals surface area contributed by atoms with Crippen LogP contribution in [0.2, 0.25) is 5.02 Å². The molecule has 0 radical (unpaired) electrons. The van der Waals surface area contributed by atoms with Gasteiger partial charge in [-0.05, 0) is 39.0 Å². The first-order chi connectivity index (χ1) is 9.85. The van der Waals surface area contributed by atoms with E-state index in [2.05, 4.69) is 36.3 Å². The summed E-state index contributed by atoms with van der Waals surface area (Å²) in [6.07, 6.45) is 0. The number of ether oxygens (including phenoxy) is 1. The Morgan fingerprint density at radius 3 is 2.57 bits per heavy atom. The number of hydrogen-bond acceptors (Lipinski definition) is 4. The SMILES string of the molecule is CC(C)(C)NCc1ccc(Oc2cccc(Cl)c2F)nn1. The van der Waals surface area contributed by atoms with E-state index in [4.69, 9.17) is 16.3 Å². The zero-order chi connectivity index (χ0) is 15.5. The van der Waals surface area contributed by atoms with Crippen molar-refractivity contribution in [2.45, 2.75) is 32.9 Å². The third-order valence-corrected chi connectivity index (χ3v) is 2.92. The number of halogens is 2. The van der Waals surface area contributed by atoms with Crippen LogP contribution < -0.4 is 10.1 Å². The topological polar surface area (TPSA) is 47.0 Å². The van der Waals surface area contributed by atoms with Gasteiger partial charge in [-0.15, -0.1) is 5.10 Å². The van der Waals surface area contributed by atoms with Gasteiger partial charge in [0.05, 0.1) is 10.7 Å². The third-order valence-electron chi connectivity index (χ3n) is 2.63. The van der Waals surface area contributed by atoms with E-state index >= 15 is 0 Å². The van der Waals surface area contributed by atoms with E-state index in [1.807, 2.05) is 0 Å². The van der Waals surface area contributed by atoms with E-state index < -0.39 is 5.82 Å². The van der Waals surface area contributed by atoms with E-state index in [1.54, 1.807) is 18.2 Å². The van der Waals surface area contributed by atoms with Crippen LogP contribution in [-0.4, -0.2) is 15.7 Å². The first-order valence-electron chi connectivity index (χ1n) is 6.55. The van der Waals surface area contributed by atoms with Gasteiger partial charge >= 0.3 is 0 Å².